The lowest BCUT2D eigenvalue weighted by Gasteiger charge is -2.24. The molecular formula is C14H21FN2O2S. The molecule has 6 heteroatoms. The molecular weight excluding hydrogens is 279 g/mol. The van der Waals surface area contributed by atoms with Crippen LogP contribution in [-0.2, 0) is 16.6 Å². The zero-order chi connectivity index (χ0) is 14.8. The zero-order valence-electron chi connectivity index (χ0n) is 11.9. The van der Waals surface area contributed by atoms with Gasteiger partial charge in [0, 0.05) is 19.1 Å². The summed E-state index contributed by atoms with van der Waals surface area (Å²) in [7, 11) is -1.88. The summed E-state index contributed by atoms with van der Waals surface area (Å²) < 4.78 is 40.6. The monoisotopic (exact) mass is 300 g/mol. The van der Waals surface area contributed by atoms with Crippen LogP contribution in [0.4, 0.5) is 4.39 Å². The SMILES string of the molecule is CCC1CCCN1S(=O)(=O)c1cc(F)ccc1CNC. The molecule has 1 N–H and O–H groups in total. The summed E-state index contributed by atoms with van der Waals surface area (Å²) in [5.41, 5.74) is 0.607. The van der Waals surface area contributed by atoms with Gasteiger partial charge in [0.2, 0.25) is 10.0 Å². The largest absolute Gasteiger partial charge is 0.316 e. The van der Waals surface area contributed by atoms with Crippen LogP contribution >= 0.6 is 0 Å². The van der Waals surface area contributed by atoms with E-state index in [1.807, 2.05) is 6.92 Å². The van der Waals surface area contributed by atoms with E-state index in [4.69, 9.17) is 0 Å². The topological polar surface area (TPSA) is 49.4 Å². The molecule has 0 saturated carbocycles. The number of hydrogen-bond donors (Lipinski definition) is 1. The second-order valence-corrected chi connectivity index (χ2v) is 6.96. The third-order valence-electron chi connectivity index (χ3n) is 3.78. The summed E-state index contributed by atoms with van der Waals surface area (Å²) in [6, 6.07) is 4.00. The molecule has 20 heavy (non-hydrogen) atoms. The molecule has 1 aromatic carbocycles. The highest BCUT2D eigenvalue weighted by Gasteiger charge is 2.35. The maximum atomic E-state index is 13.5. The molecule has 1 fully saturated rings. The van der Waals surface area contributed by atoms with Crippen molar-refractivity contribution in [3.05, 3.63) is 29.6 Å². The van der Waals surface area contributed by atoms with E-state index in [2.05, 4.69) is 5.32 Å². The molecule has 0 radical (unpaired) electrons. The summed E-state index contributed by atoms with van der Waals surface area (Å²) >= 11 is 0. The summed E-state index contributed by atoms with van der Waals surface area (Å²) in [6.45, 7) is 2.91. The lowest BCUT2D eigenvalue weighted by molar-refractivity contribution is 0.379. The first-order valence-electron chi connectivity index (χ1n) is 6.95. The molecule has 1 unspecified atom stereocenters. The summed E-state index contributed by atoms with van der Waals surface area (Å²) in [5.74, 6) is -0.518. The van der Waals surface area contributed by atoms with Gasteiger partial charge in [0.1, 0.15) is 5.82 Å². The van der Waals surface area contributed by atoms with Crippen LogP contribution in [0.3, 0.4) is 0 Å². The molecule has 1 heterocycles. The normalized spacial score (nSPS) is 20.4. The van der Waals surface area contributed by atoms with Crippen LogP contribution in [0.15, 0.2) is 23.1 Å². The van der Waals surface area contributed by atoms with Crippen LogP contribution in [0.5, 0.6) is 0 Å². The molecule has 1 aromatic rings. The molecule has 0 bridgehead atoms. The van der Waals surface area contributed by atoms with Gasteiger partial charge in [-0.15, -0.1) is 0 Å². The van der Waals surface area contributed by atoms with Crippen molar-refractivity contribution < 1.29 is 12.8 Å². The van der Waals surface area contributed by atoms with Crippen molar-refractivity contribution in [1.29, 1.82) is 0 Å². The number of rotatable bonds is 5. The van der Waals surface area contributed by atoms with Gasteiger partial charge < -0.3 is 5.32 Å². The summed E-state index contributed by atoms with van der Waals surface area (Å²) in [4.78, 5) is 0.0900. The maximum absolute atomic E-state index is 13.5. The highest BCUT2D eigenvalue weighted by Crippen LogP contribution is 2.29. The Morgan fingerprint density at radius 2 is 2.20 bits per heavy atom. The maximum Gasteiger partial charge on any atom is 0.243 e. The van der Waals surface area contributed by atoms with Crippen molar-refractivity contribution in [2.75, 3.05) is 13.6 Å². The van der Waals surface area contributed by atoms with E-state index < -0.39 is 15.8 Å². The van der Waals surface area contributed by atoms with Crippen molar-refractivity contribution in [3.63, 3.8) is 0 Å². The van der Waals surface area contributed by atoms with Crippen LogP contribution < -0.4 is 5.32 Å². The number of benzene rings is 1. The number of nitrogens with zero attached hydrogens (tertiary/aromatic N) is 1. The first kappa shape index (κ1) is 15.4. The average Bonchev–Trinajstić information content (AvgIpc) is 2.90. The first-order valence-corrected chi connectivity index (χ1v) is 8.39. The van der Waals surface area contributed by atoms with E-state index in [0.717, 1.165) is 25.3 Å². The third kappa shape index (κ3) is 2.87. The van der Waals surface area contributed by atoms with Crippen molar-refractivity contribution in [2.24, 2.45) is 0 Å². The minimum absolute atomic E-state index is 0.0331. The van der Waals surface area contributed by atoms with E-state index in [1.54, 1.807) is 7.05 Å². The Labute approximate surface area is 120 Å². The van der Waals surface area contributed by atoms with Gasteiger partial charge >= 0.3 is 0 Å². The summed E-state index contributed by atoms with van der Waals surface area (Å²) in [5, 5.41) is 2.93. The van der Waals surface area contributed by atoms with Crippen molar-refractivity contribution in [1.82, 2.24) is 9.62 Å². The van der Waals surface area contributed by atoms with Gasteiger partial charge in [0.15, 0.2) is 0 Å². The van der Waals surface area contributed by atoms with E-state index in [-0.39, 0.29) is 10.9 Å². The van der Waals surface area contributed by atoms with E-state index >= 15 is 0 Å². The van der Waals surface area contributed by atoms with Crippen LogP contribution in [0.2, 0.25) is 0 Å². The van der Waals surface area contributed by atoms with Gasteiger partial charge in [-0.05, 0) is 44.0 Å². The molecule has 1 aliphatic heterocycles. The van der Waals surface area contributed by atoms with Gasteiger partial charge in [-0.1, -0.05) is 13.0 Å². The van der Waals surface area contributed by atoms with Gasteiger partial charge in [0.05, 0.1) is 4.90 Å². The molecule has 0 amide bonds. The quantitative estimate of drug-likeness (QED) is 0.906. The highest BCUT2D eigenvalue weighted by molar-refractivity contribution is 7.89. The number of halogens is 1. The van der Waals surface area contributed by atoms with Crippen LogP contribution in [0, 0.1) is 5.82 Å². The molecule has 1 atom stereocenters. The number of hydrogen-bond acceptors (Lipinski definition) is 3. The standard InChI is InChI=1S/C14H21FN2O2S/c1-3-13-5-4-8-17(13)20(18,19)14-9-12(15)7-6-11(14)10-16-2/h6-7,9,13,16H,3-5,8,10H2,1-2H3. The van der Waals surface area contributed by atoms with Crippen molar-refractivity contribution >= 4 is 10.0 Å². The first-order chi connectivity index (χ1) is 9.50. The molecule has 0 spiro atoms. The van der Waals surface area contributed by atoms with E-state index in [1.165, 1.54) is 16.4 Å². The van der Waals surface area contributed by atoms with Crippen LogP contribution in [0.25, 0.3) is 0 Å². The van der Waals surface area contributed by atoms with Gasteiger partial charge in [-0.25, -0.2) is 12.8 Å². The van der Waals surface area contributed by atoms with Crippen molar-refractivity contribution in [2.45, 2.75) is 43.7 Å². The third-order valence-corrected chi connectivity index (χ3v) is 5.81. The minimum Gasteiger partial charge on any atom is -0.316 e. The number of sulfonamides is 1. The highest BCUT2D eigenvalue weighted by atomic mass is 32.2. The summed E-state index contributed by atoms with van der Waals surface area (Å²) in [6.07, 6.45) is 2.54. The van der Waals surface area contributed by atoms with Gasteiger partial charge in [0.25, 0.3) is 0 Å². The predicted octanol–water partition coefficient (Wildman–Crippen LogP) is 2.11. The second kappa shape index (κ2) is 6.20. The molecule has 4 nitrogen and oxygen atoms in total. The molecule has 1 saturated heterocycles. The number of nitrogens with one attached hydrogen (secondary N) is 1. The molecule has 0 aromatic heterocycles. The Kier molecular flexibility index (Phi) is 4.78. The molecule has 112 valence electrons. The Hall–Kier alpha value is -0.980. The fourth-order valence-electron chi connectivity index (χ4n) is 2.76. The second-order valence-electron chi connectivity index (χ2n) is 5.10. The van der Waals surface area contributed by atoms with E-state index in [0.29, 0.717) is 18.7 Å². The predicted molar refractivity (Wildman–Crippen MR) is 76.4 cm³/mol. The Morgan fingerprint density at radius 3 is 2.85 bits per heavy atom. The Bertz CT molecular complexity index is 575. The van der Waals surface area contributed by atoms with Crippen molar-refractivity contribution in [3.8, 4) is 0 Å². The Morgan fingerprint density at radius 1 is 1.45 bits per heavy atom. The fourth-order valence-corrected chi connectivity index (χ4v) is 4.77. The molecule has 1 aliphatic rings. The zero-order valence-corrected chi connectivity index (χ0v) is 12.7. The smallest absolute Gasteiger partial charge is 0.243 e. The lowest BCUT2D eigenvalue weighted by Crippen LogP contribution is -2.35. The van der Waals surface area contributed by atoms with Gasteiger partial charge in [-0.3, -0.25) is 0 Å². The van der Waals surface area contributed by atoms with E-state index in [9.17, 15) is 12.8 Å². The van der Waals surface area contributed by atoms with Crippen LogP contribution in [-0.4, -0.2) is 32.4 Å². The lowest BCUT2D eigenvalue weighted by atomic mass is 10.2. The molecule has 2 rings (SSSR count). The van der Waals surface area contributed by atoms with Gasteiger partial charge in [-0.2, -0.15) is 4.31 Å². The Balaban J connectivity index is 2.45. The average molecular weight is 300 g/mol. The minimum atomic E-state index is -3.62. The van der Waals surface area contributed by atoms with Crippen LogP contribution in [0.1, 0.15) is 31.7 Å². The molecule has 0 aliphatic carbocycles. The fraction of sp³-hybridized carbons (Fsp3) is 0.571.